The van der Waals surface area contributed by atoms with Crippen molar-refractivity contribution in [1.29, 1.82) is 0 Å². The number of methoxy groups -OCH3 is 1. The zero-order chi connectivity index (χ0) is 46.0. The normalized spacial score (nSPS) is 21.3. The zero-order valence-electron chi connectivity index (χ0n) is 38.2. The lowest BCUT2D eigenvalue weighted by Gasteiger charge is -2.37. The van der Waals surface area contributed by atoms with E-state index in [2.05, 4.69) is 54.8 Å². The number of nitrogens with zero attached hydrogens (tertiary/aromatic N) is 7. The van der Waals surface area contributed by atoms with Gasteiger partial charge in [0.1, 0.15) is 23.1 Å². The Morgan fingerprint density at radius 3 is 2.64 bits per heavy atom. The predicted molar refractivity (Wildman–Crippen MR) is 243 cm³/mol. The van der Waals surface area contributed by atoms with Crippen LogP contribution in [0.5, 0.6) is 0 Å². The van der Waals surface area contributed by atoms with Crippen molar-refractivity contribution in [3.63, 3.8) is 0 Å². The molecule has 0 spiro atoms. The Bertz CT molecular complexity index is 2430. The van der Waals surface area contributed by atoms with E-state index in [0.717, 1.165) is 33.5 Å². The van der Waals surface area contributed by atoms with Gasteiger partial charge in [0, 0.05) is 74.9 Å². The molecule has 0 saturated carbocycles. The van der Waals surface area contributed by atoms with E-state index in [1.54, 1.807) is 25.3 Å². The summed E-state index contributed by atoms with van der Waals surface area (Å²) >= 11 is 1.40. The third kappa shape index (κ3) is 9.47. The fourth-order valence-electron chi connectivity index (χ4n) is 9.29. The van der Waals surface area contributed by atoms with Gasteiger partial charge < -0.3 is 29.2 Å². The van der Waals surface area contributed by atoms with Crippen LogP contribution in [0.25, 0.3) is 33.0 Å². The molecule has 6 bridgehead atoms. The van der Waals surface area contributed by atoms with E-state index in [-0.39, 0.29) is 43.4 Å². The highest BCUT2D eigenvalue weighted by Gasteiger charge is 2.40. The maximum absolute atomic E-state index is 14.6. The molecule has 0 radical (unpaired) electrons. The Morgan fingerprint density at radius 2 is 1.92 bits per heavy atom. The molecule has 1 unspecified atom stereocenters. The number of carbonyl (C=O) groups is 5. The van der Waals surface area contributed by atoms with E-state index in [9.17, 15) is 24.0 Å². The summed E-state index contributed by atoms with van der Waals surface area (Å²) in [6.45, 7) is 17.2. The van der Waals surface area contributed by atoms with Crippen LogP contribution in [-0.2, 0) is 52.8 Å². The smallest absolute Gasteiger partial charge is 0.324 e. The van der Waals surface area contributed by atoms with Gasteiger partial charge in [-0.2, -0.15) is 0 Å². The molecule has 2 fully saturated rings. The van der Waals surface area contributed by atoms with Crippen LogP contribution in [0.4, 0.5) is 0 Å². The van der Waals surface area contributed by atoms with Gasteiger partial charge in [-0.3, -0.25) is 34.0 Å². The molecular formula is C47H61N9O7S. The summed E-state index contributed by atoms with van der Waals surface area (Å²) < 4.78 is 14.1. The molecule has 0 aliphatic carbocycles. The number of hydrogen-bond donors (Lipinski definition) is 2. The third-order valence-electron chi connectivity index (χ3n) is 12.6. The van der Waals surface area contributed by atoms with Crippen LogP contribution >= 0.6 is 11.3 Å². The second kappa shape index (κ2) is 19.3. The molecule has 3 aliphatic heterocycles. The number of hydrazine groups is 1. The summed E-state index contributed by atoms with van der Waals surface area (Å²) in [5.41, 5.74) is 9.24. The summed E-state index contributed by atoms with van der Waals surface area (Å²) in [4.78, 5) is 87.1. The summed E-state index contributed by atoms with van der Waals surface area (Å²) in [5, 5.41) is 6.92. The molecule has 0 aromatic carbocycles. The average Bonchev–Trinajstić information content (AvgIpc) is 4.05. The van der Waals surface area contributed by atoms with Gasteiger partial charge in [0.25, 0.3) is 5.91 Å². The molecular weight excluding hydrogens is 835 g/mol. The first-order chi connectivity index (χ1) is 30.5. The summed E-state index contributed by atoms with van der Waals surface area (Å²) in [6, 6.07) is 5.19. The number of esters is 1. The number of ether oxygens (including phenoxy) is 2. The number of likely N-dealkylation sites (tertiary alicyclic amines) is 1. The van der Waals surface area contributed by atoms with Crippen molar-refractivity contribution in [2.24, 2.45) is 17.3 Å². The Morgan fingerprint density at radius 1 is 1.14 bits per heavy atom. The van der Waals surface area contributed by atoms with Crippen molar-refractivity contribution in [1.82, 2.24) is 45.1 Å². The van der Waals surface area contributed by atoms with Crippen LogP contribution in [0, 0.1) is 17.3 Å². The van der Waals surface area contributed by atoms with Gasteiger partial charge in [0.2, 0.25) is 17.7 Å². The molecule has 2 saturated heterocycles. The molecule has 64 heavy (non-hydrogen) atoms. The number of hydrogen-bond acceptors (Lipinski definition) is 12. The van der Waals surface area contributed by atoms with E-state index >= 15 is 0 Å². The lowest BCUT2D eigenvalue weighted by Crippen LogP contribution is -2.62. The molecule has 7 heterocycles. The highest BCUT2D eigenvalue weighted by atomic mass is 32.1. The molecule has 7 rings (SSSR count). The second-order valence-electron chi connectivity index (χ2n) is 18.2. The molecule has 4 aromatic rings. The SMILES string of the molecule is C=CC(=O)N1CC[C@H](C(=O)N(C)C(C(=O)N[C@H]2Cc3csc(n3)-c3ccc4c(n3)c(c(-c3cccnc3[C@H](C)OC)n4CC)CC(C)(C)COC(=O)[C@@H]3CCCN(N3)C2=O)C(C)C)C1. The number of cyclic esters (lactones) is 1. The van der Waals surface area contributed by atoms with Gasteiger partial charge in [-0.1, -0.05) is 34.3 Å². The Labute approximate surface area is 378 Å². The van der Waals surface area contributed by atoms with E-state index < -0.39 is 47.2 Å². The Balaban J connectivity index is 1.27. The summed E-state index contributed by atoms with van der Waals surface area (Å²) in [5.74, 6) is -2.71. The second-order valence-corrected chi connectivity index (χ2v) is 19.1. The quantitative estimate of drug-likeness (QED) is 0.160. The van der Waals surface area contributed by atoms with E-state index in [1.165, 1.54) is 27.3 Å². The minimum absolute atomic E-state index is 0.0393. The van der Waals surface area contributed by atoms with E-state index in [4.69, 9.17) is 24.4 Å². The Hall–Kier alpha value is -5.52. The molecule has 16 nitrogen and oxygen atoms in total. The number of aryl methyl sites for hydroxylation is 1. The van der Waals surface area contributed by atoms with Gasteiger partial charge in [0.15, 0.2) is 0 Å². The summed E-state index contributed by atoms with van der Waals surface area (Å²) in [7, 11) is 3.26. The number of nitrogens with one attached hydrogen (secondary N) is 2. The maximum Gasteiger partial charge on any atom is 0.324 e. The van der Waals surface area contributed by atoms with Crippen LogP contribution in [0.3, 0.4) is 0 Å². The van der Waals surface area contributed by atoms with Gasteiger partial charge >= 0.3 is 5.97 Å². The van der Waals surface area contributed by atoms with Crippen LogP contribution in [0.2, 0.25) is 0 Å². The molecule has 17 heteroatoms. The third-order valence-corrected chi connectivity index (χ3v) is 13.6. The van der Waals surface area contributed by atoms with E-state index in [1.807, 2.05) is 38.3 Å². The van der Waals surface area contributed by atoms with Crippen molar-refractivity contribution in [2.45, 2.75) is 104 Å². The number of fused-ring (bicyclic) bond motifs is 6. The van der Waals surface area contributed by atoms with Crippen LogP contribution < -0.4 is 10.7 Å². The number of amides is 4. The highest BCUT2D eigenvalue weighted by molar-refractivity contribution is 7.13. The predicted octanol–water partition coefficient (Wildman–Crippen LogP) is 5.12. The van der Waals surface area contributed by atoms with Gasteiger partial charge in [0.05, 0.1) is 52.4 Å². The van der Waals surface area contributed by atoms with Gasteiger partial charge in [-0.15, -0.1) is 11.3 Å². The number of carbonyl (C=O) groups excluding carboxylic acids is 5. The van der Waals surface area contributed by atoms with Gasteiger partial charge in [-0.25, -0.2) is 15.4 Å². The zero-order valence-corrected chi connectivity index (χ0v) is 39.0. The van der Waals surface area contributed by atoms with Crippen molar-refractivity contribution in [3.8, 4) is 22.0 Å². The van der Waals surface area contributed by atoms with Crippen LogP contribution in [-0.4, -0.2) is 122 Å². The van der Waals surface area contributed by atoms with Crippen molar-refractivity contribution in [2.75, 3.05) is 40.4 Å². The van der Waals surface area contributed by atoms with Gasteiger partial charge in [-0.05, 0) is 75.8 Å². The number of thiazole rings is 1. The Kier molecular flexibility index (Phi) is 14.0. The number of aromatic nitrogens is 4. The number of likely N-dealkylation sites (N-methyl/N-ethyl adjacent to an activating group) is 1. The first kappa shape index (κ1) is 46.5. The molecule has 3 aliphatic rings. The fourth-order valence-corrected chi connectivity index (χ4v) is 10.1. The molecule has 4 amide bonds. The number of rotatable bonds is 10. The van der Waals surface area contributed by atoms with Crippen molar-refractivity contribution >= 4 is 52.0 Å². The standard InChI is InChI=1S/C47H61N9O7S/c1-10-37(57)54-21-18-29(24-54)44(59)53(8)40(27(3)4)42(58)51-35-22-30-25-64-43(49-30)33-16-17-36-39(50-33)32(41(55(36)11-2)31-14-12-19-48-38(31)28(5)62-9)23-47(6,7)26-63-46(61)34-15-13-20-56(52-34)45(35)60/h10,12,14,16-17,19,25,27-29,34-35,40,52H,1,11,13,15,18,20-24,26H2,2-9H3,(H,51,58)/t28-,29-,34-,35-,40?/m0/s1. The topological polar surface area (TPSA) is 181 Å². The molecule has 2 N–H and O–H groups in total. The first-order valence-electron chi connectivity index (χ1n) is 22.2. The van der Waals surface area contributed by atoms with E-state index in [0.29, 0.717) is 61.7 Å². The molecule has 342 valence electrons. The highest BCUT2D eigenvalue weighted by Crippen LogP contribution is 2.41. The first-order valence-corrected chi connectivity index (χ1v) is 23.1. The minimum Gasteiger partial charge on any atom is -0.464 e. The van der Waals surface area contributed by atoms with Crippen molar-refractivity contribution < 1.29 is 33.4 Å². The van der Waals surface area contributed by atoms with Crippen LogP contribution in [0.1, 0.15) is 83.9 Å². The molecule has 5 atom stereocenters. The molecule has 4 aromatic heterocycles. The van der Waals surface area contributed by atoms with Crippen LogP contribution in [0.15, 0.2) is 48.5 Å². The lowest BCUT2D eigenvalue weighted by atomic mass is 9.85. The maximum atomic E-state index is 14.6. The number of pyridine rings is 2. The summed E-state index contributed by atoms with van der Waals surface area (Å²) in [6.07, 6.45) is 4.74. The average molecular weight is 896 g/mol. The largest absolute Gasteiger partial charge is 0.464 e. The monoisotopic (exact) mass is 895 g/mol. The van der Waals surface area contributed by atoms with Crippen molar-refractivity contribution in [3.05, 3.63) is 65.4 Å². The fraction of sp³-hybridized carbons (Fsp3) is 0.532. The lowest BCUT2D eigenvalue weighted by molar-refractivity contribution is -0.155. The minimum atomic E-state index is -1.11.